The zero-order valence-electron chi connectivity index (χ0n) is 22.1. The second kappa shape index (κ2) is 10.7. The van der Waals surface area contributed by atoms with Gasteiger partial charge in [-0.2, -0.15) is 0 Å². The summed E-state index contributed by atoms with van der Waals surface area (Å²) in [6.45, 7) is 10.6. The number of nitrogens with zero attached hydrogens (tertiary/aromatic N) is 2. The smallest absolute Gasteiger partial charge is 0.334 e. The van der Waals surface area contributed by atoms with Crippen molar-refractivity contribution in [1.82, 2.24) is 9.80 Å². The van der Waals surface area contributed by atoms with Crippen LogP contribution in [0.5, 0.6) is 0 Å². The van der Waals surface area contributed by atoms with E-state index in [0.717, 1.165) is 12.6 Å². The van der Waals surface area contributed by atoms with Crippen molar-refractivity contribution in [3.05, 3.63) is 93.0 Å². The summed E-state index contributed by atoms with van der Waals surface area (Å²) in [5, 5.41) is 20.8. The second-order valence-corrected chi connectivity index (χ2v) is 11.1. The molecule has 6 nitrogen and oxygen atoms in total. The molecule has 1 aliphatic heterocycles. The van der Waals surface area contributed by atoms with Gasteiger partial charge in [-0.3, -0.25) is 0 Å². The molecule has 3 rings (SSSR count). The zero-order valence-corrected chi connectivity index (χ0v) is 22.9. The molecule has 0 atom stereocenters. The van der Waals surface area contributed by atoms with Crippen LogP contribution in [0.1, 0.15) is 45.7 Å². The summed E-state index contributed by atoms with van der Waals surface area (Å²) in [5.74, 6) is -3.34. The maximum Gasteiger partial charge on any atom is 0.334 e. The Morgan fingerprint density at radius 2 is 1.57 bits per heavy atom. The van der Waals surface area contributed by atoms with Crippen molar-refractivity contribution in [2.75, 3.05) is 20.1 Å². The number of carbonyl (C=O) groups is 2. The predicted molar refractivity (Wildman–Crippen MR) is 143 cm³/mol. The Bertz CT molecular complexity index is 1230. The maximum atomic E-state index is 15.1. The quantitative estimate of drug-likeness (QED) is 0.420. The van der Waals surface area contributed by atoms with Gasteiger partial charge in [0.15, 0.2) is 0 Å². The lowest BCUT2D eigenvalue weighted by Crippen LogP contribution is -2.47. The van der Waals surface area contributed by atoms with Crippen LogP contribution in [-0.2, 0) is 21.5 Å². The number of halogens is 2. The van der Waals surface area contributed by atoms with Crippen LogP contribution in [0.2, 0.25) is 5.02 Å². The van der Waals surface area contributed by atoms with Gasteiger partial charge in [-0.15, -0.1) is 0 Å². The Hall–Kier alpha value is -3.16. The number of benzene rings is 2. The molecular weight excluding hydrogens is 495 g/mol. The number of hydrogen-bond acceptors (Lipinski definition) is 4. The molecule has 0 spiro atoms. The molecule has 1 aliphatic rings. The van der Waals surface area contributed by atoms with E-state index in [-0.39, 0.29) is 27.1 Å². The lowest BCUT2D eigenvalue weighted by atomic mass is 9.66. The van der Waals surface area contributed by atoms with Gasteiger partial charge in [-0.25, -0.2) is 14.0 Å². The molecule has 0 saturated heterocycles. The Morgan fingerprint density at radius 1 is 1.03 bits per heavy atom. The minimum atomic E-state index is -1.76. The summed E-state index contributed by atoms with van der Waals surface area (Å²) in [5.41, 5.74) is -0.664. The molecule has 1 heterocycles. The van der Waals surface area contributed by atoms with Crippen LogP contribution in [0, 0.1) is 11.2 Å². The molecule has 2 N–H and O–H groups in total. The molecule has 8 heteroatoms. The summed E-state index contributed by atoms with van der Waals surface area (Å²) in [6.07, 6.45) is 0. The molecule has 0 fully saturated rings. The van der Waals surface area contributed by atoms with Gasteiger partial charge in [-0.05, 0) is 57.0 Å². The number of allylic oxidation sites excluding steroid dienone is 2. The molecule has 0 aromatic heterocycles. The molecule has 37 heavy (non-hydrogen) atoms. The van der Waals surface area contributed by atoms with Crippen molar-refractivity contribution in [3.63, 3.8) is 0 Å². The van der Waals surface area contributed by atoms with Gasteiger partial charge in [0, 0.05) is 41.6 Å². The highest BCUT2D eigenvalue weighted by atomic mass is 35.5. The second-order valence-electron chi connectivity index (χ2n) is 10.7. The first-order valence-electron chi connectivity index (χ1n) is 12.0. The summed E-state index contributed by atoms with van der Waals surface area (Å²) in [6, 6.07) is 13.9. The summed E-state index contributed by atoms with van der Waals surface area (Å²) >= 11 is 6.14. The molecule has 0 radical (unpaired) electrons. The van der Waals surface area contributed by atoms with Crippen LogP contribution in [0.4, 0.5) is 4.39 Å². The number of carboxylic acid groups (broad SMARTS) is 2. The van der Waals surface area contributed by atoms with Gasteiger partial charge in [0.1, 0.15) is 5.82 Å². The van der Waals surface area contributed by atoms with Gasteiger partial charge in [0.25, 0.3) is 0 Å². The number of rotatable bonds is 9. The van der Waals surface area contributed by atoms with E-state index in [0.29, 0.717) is 24.5 Å². The molecule has 0 amide bonds. The number of aliphatic carboxylic acids is 2. The van der Waals surface area contributed by atoms with Crippen LogP contribution in [-0.4, -0.2) is 52.1 Å². The molecule has 2 aromatic carbocycles. The molecule has 198 valence electrons. The van der Waals surface area contributed by atoms with Crippen molar-refractivity contribution in [1.29, 1.82) is 0 Å². The third-order valence-corrected chi connectivity index (χ3v) is 7.24. The van der Waals surface area contributed by atoms with E-state index in [1.165, 1.54) is 24.6 Å². The van der Waals surface area contributed by atoms with E-state index in [1.54, 1.807) is 18.7 Å². The SMILES string of the molecule is CC1=C(C(=O)O)C(C)(c2cc(Cl)ccc2F)C(C(=O)O)=C(C)N1CC(C)(C)CN(C)Cc1ccccc1. The van der Waals surface area contributed by atoms with Crippen LogP contribution in [0.25, 0.3) is 0 Å². The summed E-state index contributed by atoms with van der Waals surface area (Å²) in [7, 11) is 2.01. The summed E-state index contributed by atoms with van der Waals surface area (Å²) < 4.78 is 15.1. The first-order valence-corrected chi connectivity index (χ1v) is 12.4. The van der Waals surface area contributed by atoms with E-state index in [2.05, 4.69) is 30.9 Å². The van der Waals surface area contributed by atoms with Crippen molar-refractivity contribution in [3.8, 4) is 0 Å². The first kappa shape index (κ1) is 28.4. The molecule has 0 saturated carbocycles. The number of hydrogen-bond donors (Lipinski definition) is 2. The lowest BCUT2D eigenvalue weighted by Gasteiger charge is -2.45. The standard InChI is InChI=1S/C29H34ClFN2O4/c1-18-24(26(34)35)29(5,22-14-21(30)12-13-23(22)31)25(27(36)37)19(2)33(18)17-28(3,4)16-32(6)15-20-10-8-7-9-11-20/h7-14H,15-17H2,1-6H3,(H,34,35)(H,36,37). The Labute approximate surface area is 222 Å². The average molecular weight is 529 g/mol. The lowest BCUT2D eigenvalue weighted by molar-refractivity contribution is -0.134. The Morgan fingerprint density at radius 3 is 2.08 bits per heavy atom. The van der Waals surface area contributed by atoms with E-state index in [4.69, 9.17) is 11.6 Å². The summed E-state index contributed by atoms with van der Waals surface area (Å²) in [4.78, 5) is 29.2. The van der Waals surface area contributed by atoms with Crippen molar-refractivity contribution in [2.45, 2.75) is 46.6 Å². The average Bonchev–Trinajstić information content (AvgIpc) is 2.78. The van der Waals surface area contributed by atoms with Crippen molar-refractivity contribution in [2.24, 2.45) is 5.41 Å². The molecule has 0 bridgehead atoms. The van der Waals surface area contributed by atoms with Gasteiger partial charge in [0.2, 0.25) is 0 Å². The fraction of sp³-hybridized carbons (Fsp3) is 0.379. The minimum Gasteiger partial charge on any atom is -0.478 e. The molecular formula is C29H34ClFN2O4. The third-order valence-electron chi connectivity index (χ3n) is 7.01. The number of carboxylic acids is 2. The van der Waals surface area contributed by atoms with E-state index >= 15 is 4.39 Å². The topological polar surface area (TPSA) is 81.1 Å². The van der Waals surface area contributed by atoms with Crippen LogP contribution >= 0.6 is 11.6 Å². The maximum absolute atomic E-state index is 15.1. The molecule has 2 aromatic rings. The Balaban J connectivity index is 2.07. The molecule has 0 aliphatic carbocycles. The largest absolute Gasteiger partial charge is 0.478 e. The van der Waals surface area contributed by atoms with Crippen LogP contribution < -0.4 is 0 Å². The first-order chi connectivity index (χ1) is 17.2. The zero-order chi connectivity index (χ0) is 27.7. The van der Waals surface area contributed by atoms with E-state index in [9.17, 15) is 19.8 Å². The van der Waals surface area contributed by atoms with Crippen LogP contribution in [0.3, 0.4) is 0 Å². The minimum absolute atomic E-state index is 0.0880. The normalized spacial score (nSPS) is 16.0. The van der Waals surface area contributed by atoms with Gasteiger partial charge >= 0.3 is 11.9 Å². The predicted octanol–water partition coefficient (Wildman–Crippen LogP) is 5.93. The highest BCUT2D eigenvalue weighted by molar-refractivity contribution is 6.30. The highest BCUT2D eigenvalue weighted by Gasteiger charge is 2.50. The fourth-order valence-electron chi connectivity index (χ4n) is 5.65. The molecule has 0 unspecified atom stereocenters. The highest BCUT2D eigenvalue weighted by Crippen LogP contribution is 2.48. The monoisotopic (exact) mass is 528 g/mol. The van der Waals surface area contributed by atoms with Crippen molar-refractivity contribution >= 4 is 23.5 Å². The van der Waals surface area contributed by atoms with E-state index in [1.807, 2.05) is 25.2 Å². The Kier molecular flexibility index (Phi) is 8.20. The van der Waals surface area contributed by atoms with Crippen molar-refractivity contribution < 1.29 is 24.2 Å². The fourth-order valence-corrected chi connectivity index (χ4v) is 5.83. The van der Waals surface area contributed by atoms with Gasteiger partial charge < -0.3 is 20.0 Å². The van der Waals surface area contributed by atoms with Gasteiger partial charge in [0.05, 0.1) is 16.6 Å². The van der Waals surface area contributed by atoms with Gasteiger partial charge in [-0.1, -0.05) is 55.8 Å². The third kappa shape index (κ3) is 5.73. The van der Waals surface area contributed by atoms with Crippen LogP contribution in [0.15, 0.2) is 71.1 Å². The van der Waals surface area contributed by atoms with E-state index < -0.39 is 23.2 Å².